The second-order valence-corrected chi connectivity index (χ2v) is 6.19. The highest BCUT2D eigenvalue weighted by molar-refractivity contribution is 7.99. The van der Waals surface area contributed by atoms with E-state index in [0.717, 1.165) is 37.1 Å². The molecule has 1 saturated heterocycles. The van der Waals surface area contributed by atoms with Crippen LogP contribution in [0, 0.1) is 5.92 Å². The van der Waals surface area contributed by atoms with E-state index in [0.29, 0.717) is 0 Å². The molecule has 0 amide bonds. The lowest BCUT2D eigenvalue weighted by Crippen LogP contribution is -2.19. The van der Waals surface area contributed by atoms with Gasteiger partial charge in [-0.05, 0) is 50.2 Å². The molecule has 1 aliphatic heterocycles. The maximum Gasteiger partial charge on any atom is 0.233 e. The lowest BCUT2D eigenvalue weighted by molar-refractivity contribution is 0.364. The van der Waals surface area contributed by atoms with E-state index in [1.54, 1.807) is 0 Å². The second kappa shape index (κ2) is 7.14. The lowest BCUT2D eigenvalue weighted by Gasteiger charge is -2.19. The second-order valence-electron chi connectivity index (χ2n) is 4.97. The van der Waals surface area contributed by atoms with Crippen molar-refractivity contribution in [2.24, 2.45) is 5.92 Å². The van der Waals surface area contributed by atoms with Gasteiger partial charge in [0.15, 0.2) is 0 Å². The van der Waals surface area contributed by atoms with Gasteiger partial charge < -0.3 is 9.73 Å². The Kier molecular flexibility index (Phi) is 5.50. The number of rotatable bonds is 6. The SMILES string of the molecule is CCCNC(C)c1nnc(CC2CCSCC2)o1. The minimum Gasteiger partial charge on any atom is -0.424 e. The van der Waals surface area contributed by atoms with Crippen LogP contribution in [0.25, 0.3) is 0 Å². The van der Waals surface area contributed by atoms with Crippen molar-refractivity contribution < 1.29 is 4.42 Å². The largest absolute Gasteiger partial charge is 0.424 e. The summed E-state index contributed by atoms with van der Waals surface area (Å²) in [6.45, 7) is 5.21. The molecule has 1 aliphatic rings. The van der Waals surface area contributed by atoms with E-state index < -0.39 is 0 Å². The molecular weight excluding hydrogens is 246 g/mol. The van der Waals surface area contributed by atoms with Crippen molar-refractivity contribution in [1.82, 2.24) is 15.5 Å². The summed E-state index contributed by atoms with van der Waals surface area (Å²) >= 11 is 2.05. The fourth-order valence-electron chi connectivity index (χ4n) is 2.17. The monoisotopic (exact) mass is 269 g/mol. The van der Waals surface area contributed by atoms with Gasteiger partial charge in [-0.3, -0.25) is 0 Å². The van der Waals surface area contributed by atoms with Crippen LogP contribution in [0.5, 0.6) is 0 Å². The summed E-state index contributed by atoms with van der Waals surface area (Å²) in [6, 6.07) is 0.160. The fourth-order valence-corrected chi connectivity index (χ4v) is 3.37. The van der Waals surface area contributed by atoms with Crippen LogP contribution in [0.3, 0.4) is 0 Å². The maximum absolute atomic E-state index is 5.75. The molecule has 1 aromatic rings. The molecule has 0 saturated carbocycles. The Morgan fingerprint density at radius 3 is 2.89 bits per heavy atom. The number of hydrogen-bond donors (Lipinski definition) is 1. The van der Waals surface area contributed by atoms with Crippen molar-refractivity contribution in [3.05, 3.63) is 11.8 Å². The molecular formula is C13H23N3OS. The van der Waals surface area contributed by atoms with Gasteiger partial charge in [0.1, 0.15) is 0 Å². The summed E-state index contributed by atoms with van der Waals surface area (Å²) in [7, 11) is 0. The summed E-state index contributed by atoms with van der Waals surface area (Å²) in [5.74, 6) is 4.83. The van der Waals surface area contributed by atoms with Crippen molar-refractivity contribution >= 4 is 11.8 Å². The third-order valence-electron chi connectivity index (χ3n) is 3.36. The molecule has 1 fully saturated rings. The van der Waals surface area contributed by atoms with E-state index in [4.69, 9.17) is 4.42 Å². The van der Waals surface area contributed by atoms with Gasteiger partial charge in [-0.2, -0.15) is 11.8 Å². The molecule has 0 radical (unpaired) electrons. The molecule has 102 valence electrons. The Bertz CT molecular complexity index is 350. The summed E-state index contributed by atoms with van der Waals surface area (Å²) in [5.41, 5.74) is 0. The highest BCUT2D eigenvalue weighted by atomic mass is 32.2. The minimum atomic E-state index is 0.160. The zero-order valence-electron chi connectivity index (χ0n) is 11.3. The average Bonchev–Trinajstić information content (AvgIpc) is 2.86. The van der Waals surface area contributed by atoms with E-state index in [1.165, 1.54) is 24.3 Å². The van der Waals surface area contributed by atoms with Crippen molar-refractivity contribution in [3.63, 3.8) is 0 Å². The predicted molar refractivity (Wildman–Crippen MR) is 74.8 cm³/mol. The zero-order chi connectivity index (χ0) is 12.8. The number of nitrogens with zero attached hydrogens (tertiary/aromatic N) is 2. The molecule has 4 nitrogen and oxygen atoms in total. The smallest absolute Gasteiger partial charge is 0.233 e. The Labute approximate surface area is 113 Å². The van der Waals surface area contributed by atoms with Crippen molar-refractivity contribution in [1.29, 1.82) is 0 Å². The highest BCUT2D eigenvalue weighted by Gasteiger charge is 2.19. The molecule has 0 aromatic carbocycles. The normalized spacial score (nSPS) is 19.0. The number of nitrogens with one attached hydrogen (secondary N) is 1. The highest BCUT2D eigenvalue weighted by Crippen LogP contribution is 2.25. The molecule has 1 atom stereocenters. The molecule has 1 N–H and O–H groups in total. The Balaban J connectivity index is 1.84. The van der Waals surface area contributed by atoms with Gasteiger partial charge in [-0.15, -0.1) is 10.2 Å². The molecule has 18 heavy (non-hydrogen) atoms. The van der Waals surface area contributed by atoms with Gasteiger partial charge in [-0.25, -0.2) is 0 Å². The van der Waals surface area contributed by atoms with E-state index >= 15 is 0 Å². The van der Waals surface area contributed by atoms with Crippen LogP contribution in [0.4, 0.5) is 0 Å². The molecule has 1 aromatic heterocycles. The summed E-state index contributed by atoms with van der Waals surface area (Å²) in [4.78, 5) is 0. The topological polar surface area (TPSA) is 51.0 Å². The molecule has 0 spiro atoms. The van der Waals surface area contributed by atoms with E-state index in [1.807, 2.05) is 0 Å². The molecule has 0 bridgehead atoms. The Morgan fingerprint density at radius 1 is 1.39 bits per heavy atom. The van der Waals surface area contributed by atoms with Crippen LogP contribution in [0.1, 0.15) is 50.9 Å². The summed E-state index contributed by atoms with van der Waals surface area (Å²) in [6.07, 6.45) is 4.64. The lowest BCUT2D eigenvalue weighted by atomic mass is 9.99. The van der Waals surface area contributed by atoms with E-state index in [-0.39, 0.29) is 6.04 Å². The fraction of sp³-hybridized carbons (Fsp3) is 0.846. The van der Waals surface area contributed by atoms with E-state index in [9.17, 15) is 0 Å². The summed E-state index contributed by atoms with van der Waals surface area (Å²) in [5, 5.41) is 11.7. The van der Waals surface area contributed by atoms with Gasteiger partial charge >= 0.3 is 0 Å². The van der Waals surface area contributed by atoms with Gasteiger partial charge in [-0.1, -0.05) is 6.92 Å². The first kappa shape index (κ1) is 13.9. The summed E-state index contributed by atoms with van der Waals surface area (Å²) < 4.78 is 5.75. The van der Waals surface area contributed by atoms with Crippen LogP contribution >= 0.6 is 11.8 Å². The van der Waals surface area contributed by atoms with Crippen LogP contribution < -0.4 is 5.32 Å². The third-order valence-corrected chi connectivity index (χ3v) is 4.41. The molecule has 2 heterocycles. The zero-order valence-corrected chi connectivity index (χ0v) is 12.1. The Morgan fingerprint density at radius 2 is 2.17 bits per heavy atom. The molecule has 0 aliphatic carbocycles. The van der Waals surface area contributed by atoms with Crippen molar-refractivity contribution in [2.75, 3.05) is 18.1 Å². The first-order valence-corrected chi connectivity index (χ1v) is 8.08. The van der Waals surface area contributed by atoms with Crippen LogP contribution in [-0.2, 0) is 6.42 Å². The van der Waals surface area contributed by atoms with Gasteiger partial charge in [0, 0.05) is 6.42 Å². The molecule has 5 heteroatoms. The quantitative estimate of drug-likeness (QED) is 0.860. The Hall–Kier alpha value is -0.550. The standard InChI is InChI=1S/C13H23N3OS/c1-3-6-14-10(2)13-16-15-12(17-13)9-11-4-7-18-8-5-11/h10-11,14H,3-9H2,1-2H3. The first-order chi connectivity index (χ1) is 8.79. The molecule has 1 unspecified atom stereocenters. The van der Waals surface area contributed by atoms with Crippen LogP contribution in [0.2, 0.25) is 0 Å². The van der Waals surface area contributed by atoms with Crippen LogP contribution in [0.15, 0.2) is 4.42 Å². The van der Waals surface area contributed by atoms with Gasteiger partial charge in [0.25, 0.3) is 0 Å². The number of aromatic nitrogens is 2. The van der Waals surface area contributed by atoms with E-state index in [2.05, 4.69) is 41.1 Å². The third kappa shape index (κ3) is 3.99. The van der Waals surface area contributed by atoms with Gasteiger partial charge in [0.05, 0.1) is 6.04 Å². The van der Waals surface area contributed by atoms with Crippen LogP contribution in [-0.4, -0.2) is 28.2 Å². The average molecular weight is 269 g/mol. The maximum atomic E-state index is 5.75. The van der Waals surface area contributed by atoms with Crippen molar-refractivity contribution in [2.45, 2.75) is 45.6 Å². The van der Waals surface area contributed by atoms with Crippen molar-refractivity contribution in [3.8, 4) is 0 Å². The molecule has 2 rings (SSSR count). The number of thioether (sulfide) groups is 1. The van der Waals surface area contributed by atoms with Gasteiger partial charge in [0.2, 0.25) is 11.8 Å². The number of hydrogen-bond acceptors (Lipinski definition) is 5. The first-order valence-electron chi connectivity index (χ1n) is 6.93. The minimum absolute atomic E-state index is 0.160. The predicted octanol–water partition coefficient (Wildman–Crippen LogP) is 2.82.